The maximum Gasteiger partial charge on any atom is 0.255 e. The monoisotopic (exact) mass is 321 g/mol. The van der Waals surface area contributed by atoms with Crippen LogP contribution in [0, 0.1) is 0 Å². The van der Waals surface area contributed by atoms with Gasteiger partial charge in [0.25, 0.3) is 5.91 Å². The van der Waals surface area contributed by atoms with Crippen molar-refractivity contribution in [1.82, 2.24) is 14.9 Å². The Morgan fingerprint density at radius 1 is 1.21 bits per heavy atom. The van der Waals surface area contributed by atoms with Gasteiger partial charge in [-0.3, -0.25) is 9.78 Å². The van der Waals surface area contributed by atoms with E-state index >= 15 is 0 Å². The highest BCUT2D eigenvalue weighted by atomic mass is 16.5. The smallest absolute Gasteiger partial charge is 0.255 e. The predicted molar refractivity (Wildman–Crippen MR) is 93.8 cm³/mol. The first-order chi connectivity index (χ1) is 11.7. The van der Waals surface area contributed by atoms with Crippen LogP contribution in [0.15, 0.2) is 54.9 Å². The molecule has 0 spiro atoms. The van der Waals surface area contributed by atoms with Crippen LogP contribution < -0.4 is 0 Å². The third kappa shape index (κ3) is 3.26. The maximum absolute atomic E-state index is 12.9. The van der Waals surface area contributed by atoms with E-state index in [4.69, 9.17) is 4.74 Å². The largest absolute Gasteiger partial charge is 0.383 e. The summed E-state index contributed by atoms with van der Waals surface area (Å²) in [5.41, 5.74) is 2.93. The topological polar surface area (TPSA) is 55.3 Å². The fraction of sp³-hybridized carbons (Fsp3) is 0.211. The molecule has 0 aliphatic rings. The quantitative estimate of drug-likeness (QED) is 0.725. The first-order valence-corrected chi connectivity index (χ1v) is 7.75. The molecular weight excluding hydrogens is 302 g/mol. The molecule has 0 saturated carbocycles. The molecule has 0 aliphatic heterocycles. The number of hydrogen-bond donors (Lipinski definition) is 0. The summed E-state index contributed by atoms with van der Waals surface area (Å²) in [6.07, 6.45) is 3.42. The SMILES string of the molecule is COCCN(C)C(=O)c1cc2ccncc2nc1-c1ccccc1. The molecule has 2 heterocycles. The molecule has 0 saturated heterocycles. The minimum atomic E-state index is -0.0721. The van der Waals surface area contributed by atoms with Gasteiger partial charge in [-0.05, 0) is 12.1 Å². The second-order valence-corrected chi connectivity index (χ2v) is 5.54. The van der Waals surface area contributed by atoms with E-state index in [9.17, 15) is 4.79 Å². The number of pyridine rings is 2. The summed E-state index contributed by atoms with van der Waals surface area (Å²) >= 11 is 0. The molecule has 2 aromatic heterocycles. The van der Waals surface area contributed by atoms with Gasteiger partial charge in [-0.25, -0.2) is 4.98 Å². The fourth-order valence-corrected chi connectivity index (χ4v) is 2.53. The number of carbonyl (C=O) groups excluding carboxylic acids is 1. The lowest BCUT2D eigenvalue weighted by Crippen LogP contribution is -2.30. The third-order valence-electron chi connectivity index (χ3n) is 3.88. The van der Waals surface area contributed by atoms with Crippen LogP contribution in [0.4, 0.5) is 0 Å². The number of amides is 1. The number of fused-ring (bicyclic) bond motifs is 1. The maximum atomic E-state index is 12.9. The zero-order valence-electron chi connectivity index (χ0n) is 13.8. The lowest BCUT2D eigenvalue weighted by molar-refractivity contribution is 0.0745. The van der Waals surface area contributed by atoms with Crippen molar-refractivity contribution in [3.05, 3.63) is 60.4 Å². The van der Waals surface area contributed by atoms with Gasteiger partial charge in [0.15, 0.2) is 0 Å². The molecule has 122 valence electrons. The number of hydrogen-bond acceptors (Lipinski definition) is 4. The van der Waals surface area contributed by atoms with E-state index in [1.54, 1.807) is 31.5 Å². The zero-order valence-corrected chi connectivity index (χ0v) is 13.8. The van der Waals surface area contributed by atoms with Gasteiger partial charge in [0.1, 0.15) is 0 Å². The summed E-state index contributed by atoms with van der Waals surface area (Å²) in [7, 11) is 3.39. The van der Waals surface area contributed by atoms with Crippen LogP contribution in [0.5, 0.6) is 0 Å². The van der Waals surface area contributed by atoms with Crippen LogP contribution in [0.2, 0.25) is 0 Å². The summed E-state index contributed by atoms with van der Waals surface area (Å²) in [6.45, 7) is 1.02. The molecule has 0 aliphatic carbocycles. The van der Waals surface area contributed by atoms with Gasteiger partial charge in [0.05, 0.1) is 29.6 Å². The number of likely N-dealkylation sites (N-methyl/N-ethyl adjacent to an activating group) is 1. The van der Waals surface area contributed by atoms with Gasteiger partial charge in [-0.2, -0.15) is 0 Å². The Bertz CT molecular complexity index is 850. The zero-order chi connectivity index (χ0) is 16.9. The standard InChI is InChI=1S/C19H19N3O2/c1-22(10-11-24-2)19(23)16-12-15-8-9-20-13-17(15)21-18(16)14-6-4-3-5-7-14/h3-9,12-13H,10-11H2,1-2H3. The number of methoxy groups -OCH3 is 1. The molecule has 1 amide bonds. The Balaban J connectivity index is 2.12. The van der Waals surface area contributed by atoms with Crippen molar-refractivity contribution in [3.8, 4) is 11.3 Å². The molecular formula is C19H19N3O2. The minimum absolute atomic E-state index is 0.0721. The first kappa shape index (κ1) is 16.1. The second-order valence-electron chi connectivity index (χ2n) is 5.54. The van der Waals surface area contributed by atoms with Crippen molar-refractivity contribution in [1.29, 1.82) is 0 Å². The van der Waals surface area contributed by atoms with Crippen LogP contribution in [0.25, 0.3) is 22.2 Å². The average Bonchev–Trinajstić information content (AvgIpc) is 2.65. The highest BCUT2D eigenvalue weighted by Gasteiger charge is 2.19. The lowest BCUT2D eigenvalue weighted by atomic mass is 10.0. The average molecular weight is 321 g/mol. The van der Waals surface area contributed by atoms with Gasteiger partial charge in [0.2, 0.25) is 0 Å². The Hall–Kier alpha value is -2.79. The molecule has 5 nitrogen and oxygen atoms in total. The summed E-state index contributed by atoms with van der Waals surface area (Å²) in [5.74, 6) is -0.0721. The third-order valence-corrected chi connectivity index (χ3v) is 3.88. The Morgan fingerprint density at radius 2 is 2.00 bits per heavy atom. The molecule has 1 aromatic carbocycles. The number of benzene rings is 1. The van der Waals surface area contributed by atoms with Crippen molar-refractivity contribution in [2.24, 2.45) is 0 Å². The molecule has 0 atom stereocenters. The fourth-order valence-electron chi connectivity index (χ4n) is 2.53. The van der Waals surface area contributed by atoms with Crippen molar-refractivity contribution in [2.75, 3.05) is 27.3 Å². The van der Waals surface area contributed by atoms with Crippen LogP contribution in [-0.4, -0.2) is 48.1 Å². The highest BCUT2D eigenvalue weighted by Crippen LogP contribution is 2.26. The van der Waals surface area contributed by atoms with E-state index in [1.807, 2.05) is 42.5 Å². The van der Waals surface area contributed by atoms with Crippen molar-refractivity contribution < 1.29 is 9.53 Å². The number of carbonyl (C=O) groups is 1. The molecule has 0 bridgehead atoms. The lowest BCUT2D eigenvalue weighted by Gasteiger charge is -2.19. The molecule has 3 aromatic rings. The Morgan fingerprint density at radius 3 is 2.75 bits per heavy atom. The van der Waals surface area contributed by atoms with Crippen molar-refractivity contribution in [2.45, 2.75) is 0 Å². The summed E-state index contributed by atoms with van der Waals surface area (Å²) in [4.78, 5) is 23.4. The predicted octanol–water partition coefficient (Wildman–Crippen LogP) is 3.02. The van der Waals surface area contributed by atoms with E-state index in [0.717, 1.165) is 16.5 Å². The van der Waals surface area contributed by atoms with Crippen LogP contribution in [0.3, 0.4) is 0 Å². The van der Waals surface area contributed by atoms with Crippen molar-refractivity contribution in [3.63, 3.8) is 0 Å². The normalized spacial score (nSPS) is 10.8. The number of aromatic nitrogens is 2. The van der Waals surface area contributed by atoms with Gasteiger partial charge in [0, 0.05) is 37.8 Å². The Kier molecular flexibility index (Phi) is 4.82. The number of ether oxygens (including phenoxy) is 1. The number of nitrogens with zero attached hydrogens (tertiary/aromatic N) is 3. The first-order valence-electron chi connectivity index (χ1n) is 7.75. The Labute approximate surface area is 140 Å². The van der Waals surface area contributed by atoms with Gasteiger partial charge >= 0.3 is 0 Å². The molecule has 0 N–H and O–H groups in total. The van der Waals surface area contributed by atoms with E-state index in [0.29, 0.717) is 24.4 Å². The molecule has 0 radical (unpaired) electrons. The highest BCUT2D eigenvalue weighted by molar-refractivity contribution is 6.03. The molecule has 0 fully saturated rings. The van der Waals surface area contributed by atoms with E-state index in [2.05, 4.69) is 9.97 Å². The van der Waals surface area contributed by atoms with E-state index in [1.165, 1.54) is 0 Å². The summed E-state index contributed by atoms with van der Waals surface area (Å²) in [6, 6.07) is 13.5. The number of rotatable bonds is 5. The molecule has 24 heavy (non-hydrogen) atoms. The molecule has 5 heteroatoms. The summed E-state index contributed by atoms with van der Waals surface area (Å²) in [5, 5.41) is 0.896. The molecule has 3 rings (SSSR count). The van der Waals surface area contributed by atoms with Gasteiger partial charge in [-0.1, -0.05) is 30.3 Å². The van der Waals surface area contributed by atoms with Crippen LogP contribution in [-0.2, 0) is 4.74 Å². The second kappa shape index (κ2) is 7.19. The van der Waals surface area contributed by atoms with E-state index < -0.39 is 0 Å². The van der Waals surface area contributed by atoms with Crippen LogP contribution >= 0.6 is 0 Å². The summed E-state index contributed by atoms with van der Waals surface area (Å²) < 4.78 is 5.07. The van der Waals surface area contributed by atoms with E-state index in [-0.39, 0.29) is 5.91 Å². The molecule has 0 unspecified atom stereocenters. The minimum Gasteiger partial charge on any atom is -0.383 e. The van der Waals surface area contributed by atoms with Crippen LogP contribution in [0.1, 0.15) is 10.4 Å². The van der Waals surface area contributed by atoms with Gasteiger partial charge in [-0.15, -0.1) is 0 Å². The van der Waals surface area contributed by atoms with Gasteiger partial charge < -0.3 is 9.64 Å². The van der Waals surface area contributed by atoms with Crippen molar-refractivity contribution >= 4 is 16.8 Å².